The second kappa shape index (κ2) is 25.6. The third-order valence-electron chi connectivity index (χ3n) is 8.59. The third-order valence-corrected chi connectivity index (χ3v) is 8.59. The van der Waals surface area contributed by atoms with Crippen molar-refractivity contribution in [2.75, 3.05) is 6.54 Å². The van der Waals surface area contributed by atoms with E-state index >= 15 is 0 Å². The molecule has 2 heteroatoms. The molecule has 220 valence electrons. The summed E-state index contributed by atoms with van der Waals surface area (Å²) in [4.78, 5) is 5.27. The van der Waals surface area contributed by atoms with Crippen LogP contribution >= 0.6 is 0 Å². The summed E-state index contributed by atoms with van der Waals surface area (Å²) >= 11 is 0. The summed E-state index contributed by atoms with van der Waals surface area (Å²) in [6, 6.07) is 0.607. The molecule has 1 unspecified atom stereocenters. The van der Waals surface area contributed by atoms with Gasteiger partial charge < -0.3 is 9.80 Å². The highest BCUT2D eigenvalue weighted by Gasteiger charge is 2.26. The van der Waals surface area contributed by atoms with E-state index in [-0.39, 0.29) is 0 Å². The summed E-state index contributed by atoms with van der Waals surface area (Å²) in [6.07, 6.45) is 42.7. The summed E-state index contributed by atoms with van der Waals surface area (Å²) in [5.41, 5.74) is 0. The molecule has 0 saturated heterocycles. The standard InChI is InChI=1S/C35H70N2/c1-5-7-9-11-13-15-17-18-19-20-21-22-24-26-28-30-35-36(32-33-37(35)34(3)4)31-29-27-25-23-16-14-12-10-8-6-2/h32-35H,5-31H2,1-4H3. The Hall–Kier alpha value is -0.660. The first-order valence-corrected chi connectivity index (χ1v) is 17.4. The maximum Gasteiger partial charge on any atom is 0.101 e. The first kappa shape index (κ1) is 34.4. The van der Waals surface area contributed by atoms with Crippen LogP contribution < -0.4 is 0 Å². The minimum Gasteiger partial charge on any atom is -0.356 e. The number of rotatable bonds is 28. The van der Waals surface area contributed by atoms with E-state index in [0.29, 0.717) is 12.2 Å². The molecule has 0 aromatic carbocycles. The highest BCUT2D eigenvalue weighted by molar-refractivity contribution is 4.98. The van der Waals surface area contributed by atoms with Gasteiger partial charge in [0.25, 0.3) is 0 Å². The van der Waals surface area contributed by atoms with E-state index in [1.165, 1.54) is 173 Å². The number of nitrogens with zero attached hydrogens (tertiary/aromatic N) is 2. The van der Waals surface area contributed by atoms with Gasteiger partial charge in [-0.3, -0.25) is 0 Å². The molecule has 0 aromatic heterocycles. The van der Waals surface area contributed by atoms with Crippen LogP contribution in [0.1, 0.15) is 195 Å². The fraction of sp³-hybridized carbons (Fsp3) is 0.943. The van der Waals surface area contributed by atoms with Gasteiger partial charge in [0, 0.05) is 25.0 Å². The average molecular weight is 519 g/mol. The van der Waals surface area contributed by atoms with E-state index in [2.05, 4.69) is 49.9 Å². The molecule has 0 fully saturated rings. The van der Waals surface area contributed by atoms with Gasteiger partial charge >= 0.3 is 0 Å². The maximum absolute atomic E-state index is 2.66. The molecule has 1 aliphatic rings. The van der Waals surface area contributed by atoms with Crippen LogP contribution in [0.2, 0.25) is 0 Å². The lowest BCUT2D eigenvalue weighted by atomic mass is 10.0. The van der Waals surface area contributed by atoms with Crippen LogP contribution in [0.4, 0.5) is 0 Å². The van der Waals surface area contributed by atoms with Gasteiger partial charge in [0.2, 0.25) is 0 Å². The van der Waals surface area contributed by atoms with Crippen molar-refractivity contribution in [3.8, 4) is 0 Å². The Bertz CT molecular complexity index is 486. The Morgan fingerprint density at radius 1 is 0.459 bits per heavy atom. The Morgan fingerprint density at radius 2 is 0.811 bits per heavy atom. The number of hydrogen-bond donors (Lipinski definition) is 0. The van der Waals surface area contributed by atoms with Gasteiger partial charge in [0.15, 0.2) is 0 Å². The maximum atomic E-state index is 2.66. The predicted molar refractivity (Wildman–Crippen MR) is 168 cm³/mol. The second-order valence-corrected chi connectivity index (χ2v) is 12.5. The number of unbranched alkanes of at least 4 members (excludes halogenated alkanes) is 23. The predicted octanol–water partition coefficient (Wildman–Crippen LogP) is 12.0. The molecule has 0 aromatic rings. The lowest BCUT2D eigenvalue weighted by molar-refractivity contribution is 0.114. The highest BCUT2D eigenvalue weighted by atomic mass is 15.4. The zero-order chi connectivity index (χ0) is 26.8. The fourth-order valence-electron chi connectivity index (χ4n) is 6.07. The van der Waals surface area contributed by atoms with E-state index in [1.807, 2.05) is 0 Å². The molecule has 2 nitrogen and oxygen atoms in total. The molecule has 0 saturated carbocycles. The van der Waals surface area contributed by atoms with Crippen molar-refractivity contribution in [3.05, 3.63) is 12.4 Å². The zero-order valence-electron chi connectivity index (χ0n) is 26.3. The van der Waals surface area contributed by atoms with E-state index in [0.717, 1.165) is 0 Å². The molecule has 37 heavy (non-hydrogen) atoms. The van der Waals surface area contributed by atoms with Crippen molar-refractivity contribution in [3.63, 3.8) is 0 Å². The third kappa shape index (κ3) is 19.1. The average Bonchev–Trinajstić information content (AvgIpc) is 3.30. The Labute approximate surface area is 235 Å². The molecular formula is C35H70N2. The van der Waals surface area contributed by atoms with E-state index in [4.69, 9.17) is 0 Å². The molecule has 1 aliphatic heterocycles. The normalized spacial score (nSPS) is 15.5. The lowest BCUT2D eigenvalue weighted by Gasteiger charge is -2.35. The molecular weight excluding hydrogens is 448 g/mol. The molecule has 0 N–H and O–H groups in total. The van der Waals surface area contributed by atoms with Gasteiger partial charge in [0.1, 0.15) is 6.17 Å². The molecule has 0 amide bonds. The van der Waals surface area contributed by atoms with Crippen molar-refractivity contribution in [2.45, 2.75) is 207 Å². The molecule has 1 atom stereocenters. The number of hydrogen-bond acceptors (Lipinski definition) is 2. The van der Waals surface area contributed by atoms with Gasteiger partial charge in [-0.25, -0.2) is 0 Å². The SMILES string of the molecule is CCCCCCCCCCCCCCCCCC1N(CCCCCCCCCCCC)C=CN1C(C)C. The molecule has 0 bridgehead atoms. The molecule has 1 heterocycles. The van der Waals surface area contributed by atoms with Gasteiger partial charge in [0.05, 0.1) is 0 Å². The second-order valence-electron chi connectivity index (χ2n) is 12.5. The summed E-state index contributed by atoms with van der Waals surface area (Å²) in [5, 5.41) is 0. The van der Waals surface area contributed by atoms with Crippen LogP contribution in [-0.2, 0) is 0 Å². The Kier molecular flexibility index (Phi) is 23.8. The van der Waals surface area contributed by atoms with Crippen molar-refractivity contribution in [1.82, 2.24) is 9.80 Å². The molecule has 0 aliphatic carbocycles. The van der Waals surface area contributed by atoms with Gasteiger partial charge in [-0.05, 0) is 33.1 Å². The monoisotopic (exact) mass is 519 g/mol. The van der Waals surface area contributed by atoms with E-state index in [1.54, 1.807) is 0 Å². The smallest absolute Gasteiger partial charge is 0.101 e. The Morgan fingerprint density at radius 3 is 1.19 bits per heavy atom. The molecule has 1 rings (SSSR count). The van der Waals surface area contributed by atoms with Gasteiger partial charge in [-0.2, -0.15) is 0 Å². The minimum absolute atomic E-state index is 0.607. The van der Waals surface area contributed by atoms with Gasteiger partial charge in [-0.15, -0.1) is 0 Å². The summed E-state index contributed by atoms with van der Waals surface area (Å²) in [7, 11) is 0. The summed E-state index contributed by atoms with van der Waals surface area (Å²) < 4.78 is 0. The first-order valence-electron chi connectivity index (χ1n) is 17.4. The molecule has 0 radical (unpaired) electrons. The fourth-order valence-corrected chi connectivity index (χ4v) is 6.07. The van der Waals surface area contributed by atoms with Crippen molar-refractivity contribution in [1.29, 1.82) is 0 Å². The van der Waals surface area contributed by atoms with E-state index < -0.39 is 0 Å². The first-order chi connectivity index (χ1) is 18.2. The van der Waals surface area contributed by atoms with Crippen LogP contribution in [0, 0.1) is 0 Å². The zero-order valence-corrected chi connectivity index (χ0v) is 26.3. The summed E-state index contributed by atoms with van der Waals surface area (Å²) in [5.74, 6) is 0. The molecule has 0 spiro atoms. The Balaban J connectivity index is 2.02. The van der Waals surface area contributed by atoms with Crippen LogP contribution in [0.15, 0.2) is 12.4 Å². The van der Waals surface area contributed by atoms with E-state index in [9.17, 15) is 0 Å². The quantitative estimate of drug-likeness (QED) is 0.0950. The topological polar surface area (TPSA) is 6.48 Å². The lowest BCUT2D eigenvalue weighted by Crippen LogP contribution is -2.42. The van der Waals surface area contributed by atoms with Crippen LogP contribution in [0.3, 0.4) is 0 Å². The van der Waals surface area contributed by atoms with Crippen LogP contribution in [0.25, 0.3) is 0 Å². The van der Waals surface area contributed by atoms with Crippen molar-refractivity contribution >= 4 is 0 Å². The highest BCUT2D eigenvalue weighted by Crippen LogP contribution is 2.25. The minimum atomic E-state index is 0.607. The van der Waals surface area contributed by atoms with Crippen LogP contribution in [0.5, 0.6) is 0 Å². The van der Waals surface area contributed by atoms with Crippen molar-refractivity contribution < 1.29 is 0 Å². The van der Waals surface area contributed by atoms with Gasteiger partial charge in [-0.1, -0.05) is 162 Å². The largest absolute Gasteiger partial charge is 0.356 e. The van der Waals surface area contributed by atoms with Crippen LogP contribution in [-0.4, -0.2) is 28.6 Å². The van der Waals surface area contributed by atoms with Crippen molar-refractivity contribution in [2.24, 2.45) is 0 Å². The summed E-state index contributed by atoms with van der Waals surface area (Å²) in [6.45, 7) is 10.6.